The lowest BCUT2D eigenvalue weighted by Crippen LogP contribution is -2.29. The summed E-state index contributed by atoms with van der Waals surface area (Å²) in [7, 11) is 0. The zero-order valence-electron chi connectivity index (χ0n) is 16.9. The summed E-state index contributed by atoms with van der Waals surface area (Å²) < 4.78 is 5.18. The Bertz CT molecular complexity index is 953. The van der Waals surface area contributed by atoms with Crippen molar-refractivity contribution in [2.45, 2.75) is 38.8 Å². The number of anilines is 1. The molecule has 9 nitrogen and oxygen atoms in total. The fraction of sp³-hybridized carbons (Fsp3) is 0.429. The van der Waals surface area contributed by atoms with Crippen LogP contribution in [0.4, 0.5) is 5.82 Å². The number of hydrogen-bond acceptors (Lipinski definition) is 5. The van der Waals surface area contributed by atoms with E-state index in [1.54, 1.807) is 4.90 Å². The van der Waals surface area contributed by atoms with Crippen LogP contribution >= 0.6 is 0 Å². The number of aromatic amines is 1. The van der Waals surface area contributed by atoms with Crippen LogP contribution in [-0.4, -0.2) is 52.6 Å². The molecule has 2 aliphatic rings. The Hall–Kier alpha value is -3.20. The highest BCUT2D eigenvalue weighted by Crippen LogP contribution is 2.27. The first-order chi connectivity index (χ1) is 14.5. The quantitative estimate of drug-likeness (QED) is 0.630. The lowest BCUT2D eigenvalue weighted by Gasteiger charge is -2.15. The summed E-state index contributed by atoms with van der Waals surface area (Å²) >= 11 is 0. The zero-order valence-corrected chi connectivity index (χ0v) is 16.9. The molecule has 3 amide bonds. The molecule has 0 bridgehead atoms. The molecule has 1 saturated heterocycles. The Morgan fingerprint density at radius 1 is 1.27 bits per heavy atom. The topological polar surface area (TPSA) is 116 Å². The first-order valence-corrected chi connectivity index (χ1v) is 10.1. The van der Waals surface area contributed by atoms with Crippen LogP contribution in [-0.2, 0) is 38.6 Å². The number of nitrogens with zero attached hydrogens (tertiary/aromatic N) is 2. The number of rotatable bonds is 7. The monoisotopic (exact) mass is 411 g/mol. The number of fused-ring (bicyclic) bond motifs is 1. The van der Waals surface area contributed by atoms with Crippen molar-refractivity contribution >= 4 is 23.5 Å². The molecule has 1 aromatic heterocycles. The minimum Gasteiger partial charge on any atom is -0.372 e. The minimum absolute atomic E-state index is 0.0500. The van der Waals surface area contributed by atoms with Gasteiger partial charge in [-0.05, 0) is 24.5 Å². The van der Waals surface area contributed by atoms with Crippen molar-refractivity contribution in [3.05, 3.63) is 46.6 Å². The van der Waals surface area contributed by atoms with Gasteiger partial charge in [0.2, 0.25) is 17.7 Å². The van der Waals surface area contributed by atoms with Gasteiger partial charge in [-0.1, -0.05) is 24.3 Å². The fourth-order valence-corrected chi connectivity index (χ4v) is 3.84. The molecule has 30 heavy (non-hydrogen) atoms. The molecule has 9 heteroatoms. The number of H-pyrrole nitrogens is 1. The SMILES string of the molecule is CCOCC(=O)N1Cc2[nH]nc(NC(=O)Cc3ccc(C4CCNC4=O)cc3)c2C1. The van der Waals surface area contributed by atoms with Gasteiger partial charge in [-0.15, -0.1) is 0 Å². The predicted octanol–water partition coefficient (Wildman–Crippen LogP) is 1.07. The van der Waals surface area contributed by atoms with E-state index in [0.717, 1.165) is 28.8 Å². The highest BCUT2D eigenvalue weighted by molar-refractivity contribution is 5.92. The van der Waals surface area contributed by atoms with Crippen LogP contribution in [0.15, 0.2) is 24.3 Å². The van der Waals surface area contributed by atoms with Gasteiger partial charge in [-0.2, -0.15) is 5.10 Å². The van der Waals surface area contributed by atoms with Crippen LogP contribution in [0.2, 0.25) is 0 Å². The Morgan fingerprint density at radius 2 is 2.07 bits per heavy atom. The average molecular weight is 411 g/mol. The molecule has 158 valence electrons. The lowest BCUT2D eigenvalue weighted by molar-refractivity contribution is -0.136. The maximum atomic E-state index is 12.5. The number of carbonyl (C=O) groups excluding carboxylic acids is 3. The molecule has 3 heterocycles. The van der Waals surface area contributed by atoms with E-state index in [0.29, 0.717) is 32.1 Å². The van der Waals surface area contributed by atoms with Gasteiger partial charge in [0.05, 0.1) is 31.1 Å². The summed E-state index contributed by atoms with van der Waals surface area (Å²) in [5.41, 5.74) is 3.48. The molecule has 1 fully saturated rings. The van der Waals surface area contributed by atoms with Crippen LogP contribution in [0.1, 0.15) is 41.6 Å². The largest absolute Gasteiger partial charge is 0.372 e. The molecular formula is C21H25N5O4. The Kier molecular flexibility index (Phi) is 5.80. The van der Waals surface area contributed by atoms with E-state index >= 15 is 0 Å². The Morgan fingerprint density at radius 3 is 2.77 bits per heavy atom. The van der Waals surface area contributed by atoms with Gasteiger partial charge in [0, 0.05) is 18.7 Å². The first kappa shape index (κ1) is 20.1. The number of benzene rings is 1. The number of carbonyl (C=O) groups is 3. The fourth-order valence-electron chi connectivity index (χ4n) is 3.84. The molecule has 2 aliphatic heterocycles. The average Bonchev–Trinajstić information content (AvgIpc) is 3.44. The van der Waals surface area contributed by atoms with Crippen molar-refractivity contribution in [3.8, 4) is 0 Å². The van der Waals surface area contributed by atoms with Crippen LogP contribution in [0.5, 0.6) is 0 Å². The second kappa shape index (κ2) is 8.66. The number of amides is 3. The number of hydrogen-bond donors (Lipinski definition) is 3. The van der Waals surface area contributed by atoms with Crippen LogP contribution in [0.25, 0.3) is 0 Å². The van der Waals surface area contributed by atoms with Crippen molar-refractivity contribution in [2.75, 3.05) is 25.1 Å². The molecule has 0 aliphatic carbocycles. The third-order valence-electron chi connectivity index (χ3n) is 5.49. The third kappa shape index (κ3) is 4.20. The molecule has 1 aromatic carbocycles. The maximum absolute atomic E-state index is 12.5. The molecular weight excluding hydrogens is 386 g/mol. The molecule has 0 spiro atoms. The molecule has 1 unspecified atom stereocenters. The van der Waals surface area contributed by atoms with E-state index in [1.807, 2.05) is 31.2 Å². The summed E-state index contributed by atoms with van der Waals surface area (Å²) in [6.45, 7) is 3.91. The van der Waals surface area contributed by atoms with Crippen molar-refractivity contribution in [3.63, 3.8) is 0 Å². The minimum atomic E-state index is -0.185. The van der Waals surface area contributed by atoms with E-state index in [1.165, 1.54) is 0 Å². The second-order valence-corrected chi connectivity index (χ2v) is 7.52. The van der Waals surface area contributed by atoms with Gasteiger partial charge in [-0.3, -0.25) is 19.5 Å². The predicted molar refractivity (Wildman–Crippen MR) is 108 cm³/mol. The van der Waals surface area contributed by atoms with Gasteiger partial charge < -0.3 is 20.3 Å². The van der Waals surface area contributed by atoms with Crippen molar-refractivity contribution < 1.29 is 19.1 Å². The second-order valence-electron chi connectivity index (χ2n) is 7.52. The lowest BCUT2D eigenvalue weighted by atomic mass is 9.96. The first-order valence-electron chi connectivity index (χ1n) is 10.1. The highest BCUT2D eigenvalue weighted by Gasteiger charge is 2.29. The van der Waals surface area contributed by atoms with Gasteiger partial charge in [0.1, 0.15) is 6.61 Å². The summed E-state index contributed by atoms with van der Waals surface area (Å²) in [5, 5.41) is 12.8. The maximum Gasteiger partial charge on any atom is 0.249 e. The molecule has 1 atom stereocenters. The molecule has 0 radical (unpaired) electrons. The standard InChI is InChI=1S/C21H25N5O4/c1-2-30-12-19(28)26-10-16-17(11-26)24-25-20(16)23-18(27)9-13-3-5-14(6-4-13)15-7-8-22-21(15)29/h3-6,15H,2,7-12H2,1H3,(H,22,29)(H2,23,24,25,27). The molecule has 0 saturated carbocycles. The smallest absolute Gasteiger partial charge is 0.249 e. The molecule has 2 aromatic rings. The molecule has 3 N–H and O–H groups in total. The summed E-state index contributed by atoms with van der Waals surface area (Å²) in [6.07, 6.45) is 0.999. The van der Waals surface area contributed by atoms with Gasteiger partial charge in [0.15, 0.2) is 5.82 Å². The van der Waals surface area contributed by atoms with E-state index in [9.17, 15) is 14.4 Å². The summed E-state index contributed by atoms with van der Waals surface area (Å²) in [4.78, 5) is 38.1. The van der Waals surface area contributed by atoms with Crippen molar-refractivity contribution in [2.24, 2.45) is 0 Å². The van der Waals surface area contributed by atoms with Crippen molar-refractivity contribution in [1.82, 2.24) is 20.4 Å². The van der Waals surface area contributed by atoms with Crippen LogP contribution in [0.3, 0.4) is 0 Å². The summed E-state index contributed by atoms with van der Waals surface area (Å²) in [6, 6.07) is 7.58. The highest BCUT2D eigenvalue weighted by atomic mass is 16.5. The normalized spacial score (nSPS) is 17.7. The van der Waals surface area contributed by atoms with Crippen molar-refractivity contribution in [1.29, 1.82) is 0 Å². The van der Waals surface area contributed by atoms with Crippen LogP contribution < -0.4 is 10.6 Å². The van der Waals surface area contributed by atoms with E-state index in [2.05, 4.69) is 20.8 Å². The number of aromatic nitrogens is 2. The number of ether oxygens (including phenoxy) is 1. The van der Waals surface area contributed by atoms with Gasteiger partial charge >= 0.3 is 0 Å². The zero-order chi connectivity index (χ0) is 21.1. The number of nitrogens with one attached hydrogen (secondary N) is 3. The van der Waals surface area contributed by atoms with E-state index in [-0.39, 0.29) is 36.7 Å². The third-order valence-corrected chi connectivity index (χ3v) is 5.49. The van der Waals surface area contributed by atoms with Gasteiger partial charge in [0.25, 0.3) is 0 Å². The van der Waals surface area contributed by atoms with Crippen LogP contribution in [0, 0.1) is 0 Å². The van der Waals surface area contributed by atoms with E-state index in [4.69, 9.17) is 4.74 Å². The molecule has 4 rings (SSSR count). The van der Waals surface area contributed by atoms with E-state index < -0.39 is 0 Å². The summed E-state index contributed by atoms with van der Waals surface area (Å²) in [5.74, 6) is 0.139. The Balaban J connectivity index is 1.34. The Labute approximate surface area is 174 Å². The van der Waals surface area contributed by atoms with Gasteiger partial charge in [-0.25, -0.2) is 0 Å².